The third-order valence-electron chi connectivity index (χ3n) is 2.93. The Morgan fingerprint density at radius 1 is 1.05 bits per heavy atom. The zero-order valence-electron chi connectivity index (χ0n) is 10.9. The van der Waals surface area contributed by atoms with Crippen LogP contribution in [0.2, 0.25) is 0 Å². The van der Waals surface area contributed by atoms with Crippen molar-refractivity contribution >= 4 is 5.84 Å². The highest BCUT2D eigenvalue weighted by Crippen LogP contribution is 2.20. The summed E-state index contributed by atoms with van der Waals surface area (Å²) in [7, 11) is 0. The minimum absolute atomic E-state index is 0.0413. The summed E-state index contributed by atoms with van der Waals surface area (Å²) in [5.41, 5.74) is 7.76. The van der Waals surface area contributed by atoms with Gasteiger partial charge in [0.25, 0.3) is 0 Å². The summed E-state index contributed by atoms with van der Waals surface area (Å²) in [6.07, 6.45) is 0. The summed E-state index contributed by atoms with van der Waals surface area (Å²) < 4.78 is 5.70. The van der Waals surface area contributed by atoms with Gasteiger partial charge in [-0.05, 0) is 6.07 Å². The lowest BCUT2D eigenvalue weighted by Crippen LogP contribution is -2.16. The first-order valence-electron chi connectivity index (χ1n) is 6.13. The molecule has 0 saturated carbocycles. The predicted octanol–water partition coefficient (Wildman–Crippen LogP) is 1.85. The molecule has 5 heteroatoms. The summed E-state index contributed by atoms with van der Waals surface area (Å²) in [5.74, 6) is 0.656. The van der Waals surface area contributed by atoms with E-state index < -0.39 is 0 Å². The number of nitrogens with two attached hydrogens (primary N) is 1. The highest BCUT2D eigenvalue weighted by molar-refractivity contribution is 5.98. The normalized spacial score (nSPS) is 11.3. The van der Waals surface area contributed by atoms with Crippen LogP contribution in [0.1, 0.15) is 16.7 Å². The Morgan fingerprint density at radius 3 is 2.40 bits per heavy atom. The molecule has 0 spiro atoms. The zero-order valence-corrected chi connectivity index (χ0v) is 10.9. The predicted molar refractivity (Wildman–Crippen MR) is 75.6 cm³/mol. The van der Waals surface area contributed by atoms with E-state index in [4.69, 9.17) is 15.7 Å². The van der Waals surface area contributed by atoms with E-state index in [1.807, 2.05) is 24.3 Å². The number of hydrogen-bond acceptors (Lipinski definition) is 4. The van der Waals surface area contributed by atoms with Crippen molar-refractivity contribution in [3.05, 3.63) is 65.2 Å². The quantitative estimate of drug-likeness (QED) is 0.335. The number of rotatable bonds is 5. The maximum atomic E-state index is 9.24. The smallest absolute Gasteiger partial charge is 0.170 e. The van der Waals surface area contributed by atoms with Crippen LogP contribution in [0, 0.1) is 0 Å². The Kier molecular flexibility index (Phi) is 4.57. The maximum absolute atomic E-state index is 9.24. The van der Waals surface area contributed by atoms with Gasteiger partial charge in [-0.15, -0.1) is 0 Å². The first kappa shape index (κ1) is 13.9. The van der Waals surface area contributed by atoms with E-state index >= 15 is 0 Å². The third-order valence-corrected chi connectivity index (χ3v) is 2.93. The number of oxime groups is 1. The van der Waals surface area contributed by atoms with Gasteiger partial charge in [0.1, 0.15) is 12.4 Å². The van der Waals surface area contributed by atoms with Gasteiger partial charge in [-0.1, -0.05) is 47.6 Å². The minimum Gasteiger partial charge on any atom is -0.489 e. The van der Waals surface area contributed by atoms with Crippen molar-refractivity contribution in [2.75, 3.05) is 0 Å². The molecule has 0 fully saturated rings. The molecule has 104 valence electrons. The molecule has 0 atom stereocenters. The summed E-state index contributed by atoms with van der Waals surface area (Å²) in [4.78, 5) is 0. The van der Waals surface area contributed by atoms with E-state index in [1.54, 1.807) is 24.3 Å². The number of para-hydroxylation sites is 1. The Bertz CT molecular complexity index is 612. The van der Waals surface area contributed by atoms with Gasteiger partial charge in [0.15, 0.2) is 5.84 Å². The summed E-state index contributed by atoms with van der Waals surface area (Å²) in [6.45, 7) is 0.182. The molecule has 4 N–H and O–H groups in total. The van der Waals surface area contributed by atoms with Crippen molar-refractivity contribution in [3.63, 3.8) is 0 Å². The van der Waals surface area contributed by atoms with E-state index in [9.17, 15) is 5.11 Å². The van der Waals surface area contributed by atoms with Crippen LogP contribution >= 0.6 is 0 Å². The lowest BCUT2D eigenvalue weighted by Gasteiger charge is -2.12. The van der Waals surface area contributed by atoms with Gasteiger partial charge in [-0.3, -0.25) is 0 Å². The van der Waals surface area contributed by atoms with E-state index in [-0.39, 0.29) is 19.0 Å². The lowest BCUT2D eigenvalue weighted by molar-refractivity contribution is 0.259. The van der Waals surface area contributed by atoms with Crippen molar-refractivity contribution in [1.29, 1.82) is 0 Å². The molecule has 0 aromatic heterocycles. The largest absolute Gasteiger partial charge is 0.489 e. The topological polar surface area (TPSA) is 88.1 Å². The molecular weight excluding hydrogens is 256 g/mol. The fraction of sp³-hybridized carbons (Fsp3) is 0.133. The molecule has 0 saturated heterocycles. The first-order valence-corrected chi connectivity index (χ1v) is 6.13. The average Bonchev–Trinajstić information content (AvgIpc) is 2.52. The molecule has 2 rings (SSSR count). The number of aliphatic hydroxyl groups is 1. The molecule has 0 aliphatic carbocycles. The molecule has 0 aliphatic heterocycles. The van der Waals surface area contributed by atoms with Crippen LogP contribution in [0.25, 0.3) is 0 Å². The third kappa shape index (κ3) is 3.07. The van der Waals surface area contributed by atoms with Gasteiger partial charge in [0, 0.05) is 16.7 Å². The minimum atomic E-state index is -0.0853. The van der Waals surface area contributed by atoms with Gasteiger partial charge in [0.2, 0.25) is 0 Å². The van der Waals surface area contributed by atoms with Crippen LogP contribution in [0.15, 0.2) is 53.7 Å². The Hall–Kier alpha value is -2.53. The molecular formula is C15H16N2O3. The maximum Gasteiger partial charge on any atom is 0.170 e. The SMILES string of the molecule is NC(=NO)c1ccccc1COc1ccccc1CO. The summed E-state index contributed by atoms with van der Waals surface area (Å²) >= 11 is 0. The van der Waals surface area contributed by atoms with Crippen LogP contribution in [-0.2, 0) is 13.2 Å². The second-order valence-corrected chi connectivity index (χ2v) is 4.20. The van der Waals surface area contributed by atoms with Gasteiger partial charge in [0.05, 0.1) is 6.61 Å². The number of amidine groups is 1. The lowest BCUT2D eigenvalue weighted by atomic mass is 10.1. The first-order chi connectivity index (χ1) is 9.76. The van der Waals surface area contributed by atoms with Crippen LogP contribution < -0.4 is 10.5 Å². The molecule has 2 aromatic carbocycles. The number of hydrogen-bond donors (Lipinski definition) is 3. The highest BCUT2D eigenvalue weighted by Gasteiger charge is 2.08. The highest BCUT2D eigenvalue weighted by atomic mass is 16.5. The summed E-state index contributed by atoms with van der Waals surface area (Å²) in [5, 5.41) is 21.0. The Labute approximate surface area is 116 Å². The Balaban J connectivity index is 2.19. The van der Waals surface area contributed by atoms with Crippen molar-refractivity contribution in [3.8, 4) is 5.75 Å². The molecule has 0 bridgehead atoms. The molecule has 0 aliphatic rings. The number of ether oxygens (including phenoxy) is 1. The molecule has 2 aromatic rings. The van der Waals surface area contributed by atoms with E-state index in [0.29, 0.717) is 16.9 Å². The number of benzene rings is 2. The van der Waals surface area contributed by atoms with Crippen LogP contribution in [0.5, 0.6) is 5.75 Å². The van der Waals surface area contributed by atoms with Gasteiger partial charge in [-0.2, -0.15) is 0 Å². The van der Waals surface area contributed by atoms with Gasteiger partial charge < -0.3 is 20.8 Å². The van der Waals surface area contributed by atoms with E-state index in [2.05, 4.69) is 5.16 Å². The number of nitrogens with zero attached hydrogens (tertiary/aromatic N) is 1. The molecule has 0 amide bonds. The van der Waals surface area contributed by atoms with Crippen LogP contribution in [0.3, 0.4) is 0 Å². The summed E-state index contributed by atoms with van der Waals surface area (Å²) in [6, 6.07) is 14.5. The molecule has 0 unspecified atom stereocenters. The van der Waals surface area contributed by atoms with Crippen LogP contribution in [-0.4, -0.2) is 16.1 Å². The second kappa shape index (κ2) is 6.58. The number of aliphatic hydroxyl groups excluding tert-OH is 1. The van der Waals surface area contributed by atoms with Gasteiger partial charge >= 0.3 is 0 Å². The fourth-order valence-corrected chi connectivity index (χ4v) is 1.88. The monoisotopic (exact) mass is 272 g/mol. The van der Waals surface area contributed by atoms with Crippen molar-refractivity contribution in [1.82, 2.24) is 0 Å². The van der Waals surface area contributed by atoms with Crippen molar-refractivity contribution in [2.24, 2.45) is 10.9 Å². The Morgan fingerprint density at radius 2 is 1.70 bits per heavy atom. The van der Waals surface area contributed by atoms with Crippen molar-refractivity contribution in [2.45, 2.75) is 13.2 Å². The molecule has 0 radical (unpaired) electrons. The molecule has 20 heavy (non-hydrogen) atoms. The molecule has 0 heterocycles. The average molecular weight is 272 g/mol. The zero-order chi connectivity index (χ0) is 14.4. The van der Waals surface area contributed by atoms with Crippen LogP contribution in [0.4, 0.5) is 0 Å². The van der Waals surface area contributed by atoms with Gasteiger partial charge in [-0.25, -0.2) is 0 Å². The second-order valence-electron chi connectivity index (χ2n) is 4.20. The standard InChI is InChI=1S/C15H16N2O3/c16-15(17-19)13-7-3-1-6-12(13)10-20-14-8-4-2-5-11(14)9-18/h1-8,18-19H,9-10H2,(H2,16,17). The fourth-order valence-electron chi connectivity index (χ4n) is 1.88. The van der Waals surface area contributed by atoms with Crippen molar-refractivity contribution < 1.29 is 15.1 Å². The van der Waals surface area contributed by atoms with E-state index in [1.165, 1.54) is 0 Å². The molecule has 5 nitrogen and oxygen atoms in total. The van der Waals surface area contributed by atoms with E-state index in [0.717, 1.165) is 5.56 Å².